The minimum atomic E-state index is -0.765. The fourth-order valence-corrected chi connectivity index (χ4v) is 5.23. The number of urea groups is 1. The van der Waals surface area contributed by atoms with Gasteiger partial charge in [-0.15, -0.1) is 0 Å². The molecule has 0 aromatic heterocycles. The Kier molecular flexibility index (Phi) is 6.30. The first-order valence-electron chi connectivity index (χ1n) is 11.6. The summed E-state index contributed by atoms with van der Waals surface area (Å²) in [5.41, 5.74) is 4.08. The highest BCUT2D eigenvalue weighted by Crippen LogP contribution is 2.45. The van der Waals surface area contributed by atoms with E-state index >= 15 is 0 Å². The fraction of sp³-hybridized carbons (Fsp3) is 0.370. The number of nitrogens with zero attached hydrogens (tertiary/aromatic N) is 2. The highest BCUT2D eigenvalue weighted by molar-refractivity contribution is 6.40. The second-order valence-electron chi connectivity index (χ2n) is 9.80. The summed E-state index contributed by atoms with van der Waals surface area (Å²) in [5, 5.41) is 2.73. The molecule has 1 atom stereocenters. The summed E-state index contributed by atoms with van der Waals surface area (Å²) in [6.07, 6.45) is 3.48. The van der Waals surface area contributed by atoms with Gasteiger partial charge < -0.3 is 4.90 Å². The van der Waals surface area contributed by atoms with Gasteiger partial charge in [-0.2, -0.15) is 0 Å². The van der Waals surface area contributed by atoms with Gasteiger partial charge in [0.05, 0.1) is 5.69 Å². The number of benzene rings is 2. The summed E-state index contributed by atoms with van der Waals surface area (Å²) in [5.74, 6) is -1.11. The quantitative estimate of drug-likeness (QED) is 0.443. The molecule has 0 saturated carbocycles. The van der Waals surface area contributed by atoms with Gasteiger partial charge in [0.15, 0.2) is 0 Å². The number of barbiturate groups is 1. The van der Waals surface area contributed by atoms with Crippen LogP contribution in [-0.4, -0.2) is 29.9 Å². The molecule has 1 saturated heterocycles. The Bertz CT molecular complexity index is 1200. The van der Waals surface area contributed by atoms with Crippen molar-refractivity contribution in [1.29, 1.82) is 0 Å². The maximum atomic E-state index is 13.2. The largest absolute Gasteiger partial charge is 0.366 e. The third kappa shape index (κ3) is 4.23. The number of amides is 4. The molecule has 4 rings (SSSR count). The van der Waals surface area contributed by atoms with Gasteiger partial charge in [0.1, 0.15) is 5.57 Å². The molecule has 2 aliphatic heterocycles. The fourth-order valence-electron chi connectivity index (χ4n) is 5.02. The number of hydrogen-bond donors (Lipinski definition) is 1. The van der Waals surface area contributed by atoms with Crippen LogP contribution < -0.4 is 15.1 Å². The number of fused-ring (bicyclic) bond motifs is 1. The number of rotatable bonds is 4. The standard InChI is InChI=1S/C27H30ClN3O3/c1-6-11-30-23-14-22(28)18(12-20(23)17(3)15-27(30,4)5)13-21-24(32)29-26(34)31(25(21)33)19-9-7-16(2)8-10-19/h7-10,12-14,17H,6,11,15H2,1-5H3,(H,29,32,34)/b21-13-. The van der Waals surface area contributed by atoms with Crippen LogP contribution in [0.15, 0.2) is 42.0 Å². The van der Waals surface area contributed by atoms with E-state index in [0.29, 0.717) is 16.3 Å². The van der Waals surface area contributed by atoms with E-state index in [1.807, 2.05) is 19.1 Å². The molecular formula is C27H30ClN3O3. The van der Waals surface area contributed by atoms with Crippen molar-refractivity contribution in [3.05, 3.63) is 63.7 Å². The van der Waals surface area contributed by atoms with E-state index in [1.165, 1.54) is 6.08 Å². The molecule has 2 aliphatic rings. The zero-order chi connectivity index (χ0) is 24.8. The molecule has 4 amide bonds. The lowest BCUT2D eigenvalue weighted by Gasteiger charge is -2.47. The molecule has 0 bridgehead atoms. The molecule has 2 aromatic rings. The molecule has 7 heteroatoms. The van der Waals surface area contributed by atoms with Crippen molar-refractivity contribution in [3.63, 3.8) is 0 Å². The van der Waals surface area contributed by atoms with Gasteiger partial charge in [0, 0.05) is 22.8 Å². The Hall–Kier alpha value is -3.12. The number of halogens is 1. The number of anilines is 2. The minimum Gasteiger partial charge on any atom is -0.366 e. The van der Waals surface area contributed by atoms with Crippen LogP contribution in [0.2, 0.25) is 5.02 Å². The Morgan fingerprint density at radius 3 is 2.47 bits per heavy atom. The number of imide groups is 2. The molecule has 0 aliphatic carbocycles. The van der Waals surface area contributed by atoms with E-state index in [0.717, 1.165) is 41.1 Å². The van der Waals surface area contributed by atoms with Crippen LogP contribution in [0.1, 0.15) is 63.1 Å². The lowest BCUT2D eigenvalue weighted by atomic mass is 9.79. The highest BCUT2D eigenvalue weighted by Gasteiger charge is 2.38. The first kappa shape index (κ1) is 24.0. The van der Waals surface area contributed by atoms with Gasteiger partial charge in [-0.3, -0.25) is 14.9 Å². The average Bonchev–Trinajstić information content (AvgIpc) is 2.75. The van der Waals surface area contributed by atoms with Crippen molar-refractivity contribution >= 4 is 46.9 Å². The van der Waals surface area contributed by atoms with Gasteiger partial charge in [-0.25, -0.2) is 9.69 Å². The maximum Gasteiger partial charge on any atom is 0.335 e. The Balaban J connectivity index is 1.77. The van der Waals surface area contributed by atoms with Gasteiger partial charge in [-0.05, 0) is 81.0 Å². The van der Waals surface area contributed by atoms with Crippen molar-refractivity contribution in [2.75, 3.05) is 16.3 Å². The normalized spacial score (nSPS) is 21.1. The van der Waals surface area contributed by atoms with E-state index in [2.05, 4.69) is 37.9 Å². The monoisotopic (exact) mass is 479 g/mol. The number of carbonyl (C=O) groups excluding carboxylic acids is 3. The molecule has 2 heterocycles. The Morgan fingerprint density at radius 2 is 1.82 bits per heavy atom. The number of carbonyl (C=O) groups is 3. The van der Waals surface area contributed by atoms with Gasteiger partial charge in [0.25, 0.3) is 11.8 Å². The van der Waals surface area contributed by atoms with Crippen molar-refractivity contribution in [3.8, 4) is 0 Å². The molecule has 0 spiro atoms. The third-order valence-electron chi connectivity index (χ3n) is 6.65. The molecule has 1 unspecified atom stereocenters. The van der Waals surface area contributed by atoms with Gasteiger partial charge >= 0.3 is 6.03 Å². The molecule has 34 heavy (non-hydrogen) atoms. The molecule has 0 radical (unpaired) electrons. The lowest BCUT2D eigenvalue weighted by Crippen LogP contribution is -2.54. The number of hydrogen-bond acceptors (Lipinski definition) is 4. The van der Waals surface area contributed by atoms with Crippen molar-refractivity contribution in [2.45, 2.75) is 58.9 Å². The van der Waals surface area contributed by atoms with Crippen LogP contribution in [0.25, 0.3) is 6.08 Å². The summed E-state index contributed by atoms with van der Waals surface area (Å²) in [4.78, 5) is 41.7. The number of aryl methyl sites for hydroxylation is 1. The van der Waals surface area contributed by atoms with Crippen LogP contribution in [0.4, 0.5) is 16.2 Å². The second-order valence-corrected chi connectivity index (χ2v) is 10.2. The molecule has 1 N–H and O–H groups in total. The highest BCUT2D eigenvalue weighted by atomic mass is 35.5. The van der Waals surface area contributed by atoms with E-state index in [9.17, 15) is 14.4 Å². The van der Waals surface area contributed by atoms with Crippen molar-refractivity contribution in [2.24, 2.45) is 0 Å². The van der Waals surface area contributed by atoms with Crippen molar-refractivity contribution in [1.82, 2.24) is 5.32 Å². The smallest absolute Gasteiger partial charge is 0.335 e. The summed E-state index contributed by atoms with van der Waals surface area (Å²) < 4.78 is 0. The topological polar surface area (TPSA) is 69.7 Å². The van der Waals surface area contributed by atoms with E-state index in [4.69, 9.17) is 11.6 Å². The zero-order valence-electron chi connectivity index (χ0n) is 20.2. The molecule has 2 aromatic carbocycles. The van der Waals surface area contributed by atoms with Crippen LogP contribution in [0.3, 0.4) is 0 Å². The first-order chi connectivity index (χ1) is 16.0. The van der Waals surface area contributed by atoms with Crippen LogP contribution >= 0.6 is 11.6 Å². The van der Waals surface area contributed by atoms with Gasteiger partial charge in [0.2, 0.25) is 0 Å². The molecule has 178 valence electrons. The number of nitrogens with one attached hydrogen (secondary N) is 1. The molecule has 6 nitrogen and oxygen atoms in total. The lowest BCUT2D eigenvalue weighted by molar-refractivity contribution is -0.122. The zero-order valence-corrected chi connectivity index (χ0v) is 21.0. The average molecular weight is 480 g/mol. The Labute approximate surface area is 205 Å². The first-order valence-corrected chi connectivity index (χ1v) is 12.0. The maximum absolute atomic E-state index is 13.2. The summed E-state index contributed by atoms with van der Waals surface area (Å²) >= 11 is 6.69. The predicted octanol–water partition coefficient (Wildman–Crippen LogP) is 5.82. The predicted molar refractivity (Wildman–Crippen MR) is 136 cm³/mol. The third-order valence-corrected chi connectivity index (χ3v) is 6.97. The van der Waals surface area contributed by atoms with Gasteiger partial charge in [-0.1, -0.05) is 43.1 Å². The molecular weight excluding hydrogens is 450 g/mol. The summed E-state index contributed by atoms with van der Waals surface area (Å²) in [7, 11) is 0. The van der Waals surface area contributed by atoms with E-state index in [-0.39, 0.29) is 17.0 Å². The van der Waals surface area contributed by atoms with E-state index in [1.54, 1.807) is 24.3 Å². The van der Waals surface area contributed by atoms with E-state index < -0.39 is 17.8 Å². The minimum absolute atomic E-state index is 0.000140. The van der Waals surface area contributed by atoms with Crippen molar-refractivity contribution < 1.29 is 14.4 Å². The second kappa shape index (κ2) is 8.91. The summed E-state index contributed by atoms with van der Waals surface area (Å²) in [6, 6.07) is 10.1. The molecule has 1 fully saturated rings. The summed E-state index contributed by atoms with van der Waals surface area (Å²) in [6.45, 7) is 11.7. The van der Waals surface area contributed by atoms with Crippen LogP contribution in [0.5, 0.6) is 0 Å². The SMILES string of the molecule is CCCN1c2cc(Cl)c(/C=C3/C(=O)NC(=O)N(c4ccc(C)cc4)C3=O)cc2C(C)CC1(C)C. The Morgan fingerprint density at radius 1 is 1.15 bits per heavy atom. The van der Waals surface area contributed by atoms with Crippen LogP contribution in [0, 0.1) is 6.92 Å². The van der Waals surface area contributed by atoms with Crippen LogP contribution in [-0.2, 0) is 9.59 Å².